The average molecular weight is 289 g/mol. The maximum absolute atomic E-state index is 12.0. The summed E-state index contributed by atoms with van der Waals surface area (Å²) in [5.74, 6) is 0.973. The molecule has 0 radical (unpaired) electrons. The summed E-state index contributed by atoms with van der Waals surface area (Å²) in [4.78, 5) is 18.6. The van der Waals surface area contributed by atoms with E-state index in [0.717, 1.165) is 4.88 Å². The molecule has 3 aromatic rings. The molecule has 3 aromatic heterocycles. The van der Waals surface area contributed by atoms with Gasteiger partial charge in [0.1, 0.15) is 6.54 Å². The molecular weight excluding hydrogens is 278 g/mol. The maximum Gasteiger partial charge on any atom is 0.289 e. The number of nitrogens with zero attached hydrogens (tertiary/aromatic N) is 3. The molecule has 0 atom stereocenters. The van der Waals surface area contributed by atoms with Gasteiger partial charge in [0.25, 0.3) is 5.91 Å². The summed E-state index contributed by atoms with van der Waals surface area (Å²) < 4.78 is 10.2. The van der Waals surface area contributed by atoms with E-state index in [9.17, 15) is 4.79 Å². The van der Waals surface area contributed by atoms with Crippen molar-refractivity contribution in [2.75, 3.05) is 7.05 Å². The molecule has 3 rings (SSSR count). The third kappa shape index (κ3) is 2.48. The summed E-state index contributed by atoms with van der Waals surface area (Å²) in [5, 5.41) is 5.84. The third-order valence-corrected chi connectivity index (χ3v) is 3.53. The lowest BCUT2D eigenvalue weighted by Gasteiger charge is -2.12. The van der Waals surface area contributed by atoms with E-state index < -0.39 is 0 Å². The second-order valence-electron chi connectivity index (χ2n) is 4.13. The monoisotopic (exact) mass is 289 g/mol. The SMILES string of the molecule is CN(Cc1nc(-c2cccs2)no1)C(=O)c1ccco1. The standard InChI is InChI=1S/C13H11N3O3S/c1-16(13(17)9-4-2-6-18-9)8-11-14-12(15-19-11)10-5-3-7-20-10/h2-7H,8H2,1H3. The zero-order valence-corrected chi connectivity index (χ0v) is 11.5. The van der Waals surface area contributed by atoms with Gasteiger partial charge in [-0.15, -0.1) is 11.3 Å². The number of hydrogen-bond donors (Lipinski definition) is 0. The van der Waals surface area contributed by atoms with E-state index in [-0.39, 0.29) is 18.2 Å². The van der Waals surface area contributed by atoms with E-state index in [2.05, 4.69) is 10.1 Å². The van der Waals surface area contributed by atoms with Crippen LogP contribution in [0, 0.1) is 0 Å². The quantitative estimate of drug-likeness (QED) is 0.738. The minimum Gasteiger partial charge on any atom is -0.459 e. The summed E-state index contributed by atoms with van der Waals surface area (Å²) >= 11 is 1.53. The van der Waals surface area contributed by atoms with Crippen molar-refractivity contribution in [1.29, 1.82) is 0 Å². The summed E-state index contributed by atoms with van der Waals surface area (Å²) in [5.41, 5.74) is 0. The van der Waals surface area contributed by atoms with Gasteiger partial charge in [-0.25, -0.2) is 0 Å². The highest BCUT2D eigenvalue weighted by Gasteiger charge is 2.18. The van der Waals surface area contributed by atoms with Crippen LogP contribution in [-0.4, -0.2) is 28.0 Å². The van der Waals surface area contributed by atoms with Gasteiger partial charge in [-0.1, -0.05) is 11.2 Å². The first kappa shape index (κ1) is 12.6. The van der Waals surface area contributed by atoms with E-state index in [0.29, 0.717) is 11.7 Å². The third-order valence-electron chi connectivity index (χ3n) is 2.66. The van der Waals surface area contributed by atoms with Gasteiger partial charge in [-0.3, -0.25) is 4.79 Å². The van der Waals surface area contributed by atoms with Gasteiger partial charge < -0.3 is 13.8 Å². The molecule has 0 fully saturated rings. The normalized spacial score (nSPS) is 10.7. The first-order valence-electron chi connectivity index (χ1n) is 5.89. The number of thiophene rings is 1. The summed E-state index contributed by atoms with van der Waals surface area (Å²) in [7, 11) is 1.65. The minimum atomic E-state index is -0.231. The van der Waals surface area contributed by atoms with Crippen LogP contribution < -0.4 is 0 Å². The molecule has 1 amide bonds. The molecule has 102 valence electrons. The van der Waals surface area contributed by atoms with E-state index in [4.69, 9.17) is 8.94 Å². The Bertz CT molecular complexity index is 688. The van der Waals surface area contributed by atoms with E-state index in [1.54, 1.807) is 19.2 Å². The first-order valence-corrected chi connectivity index (χ1v) is 6.77. The predicted octanol–water partition coefficient (Wildman–Crippen LogP) is 2.66. The zero-order chi connectivity index (χ0) is 13.9. The largest absolute Gasteiger partial charge is 0.459 e. The average Bonchev–Trinajstić information content (AvgIpc) is 3.19. The molecule has 0 bridgehead atoms. The van der Waals surface area contributed by atoms with Crippen molar-refractivity contribution >= 4 is 17.2 Å². The van der Waals surface area contributed by atoms with Crippen LogP contribution in [0.5, 0.6) is 0 Å². The van der Waals surface area contributed by atoms with Crippen LogP contribution >= 0.6 is 11.3 Å². The highest BCUT2D eigenvalue weighted by Crippen LogP contribution is 2.21. The van der Waals surface area contributed by atoms with Gasteiger partial charge in [0, 0.05) is 7.05 Å². The number of hydrogen-bond acceptors (Lipinski definition) is 6. The molecule has 0 aliphatic carbocycles. The highest BCUT2D eigenvalue weighted by molar-refractivity contribution is 7.13. The Hall–Kier alpha value is -2.41. The van der Waals surface area contributed by atoms with Crippen molar-refractivity contribution in [3.63, 3.8) is 0 Å². The van der Waals surface area contributed by atoms with Crippen LogP contribution in [0.2, 0.25) is 0 Å². The molecule has 0 aromatic carbocycles. The first-order chi connectivity index (χ1) is 9.74. The number of rotatable bonds is 4. The molecule has 0 unspecified atom stereocenters. The van der Waals surface area contributed by atoms with Gasteiger partial charge >= 0.3 is 0 Å². The molecule has 0 saturated carbocycles. The number of aromatic nitrogens is 2. The number of carbonyl (C=O) groups is 1. The van der Waals surface area contributed by atoms with Crippen molar-refractivity contribution in [3.05, 3.63) is 47.6 Å². The predicted molar refractivity (Wildman–Crippen MR) is 72.1 cm³/mol. The molecule has 0 N–H and O–H groups in total. The summed E-state index contributed by atoms with van der Waals surface area (Å²) in [6, 6.07) is 7.12. The Labute approximate surface area is 118 Å². The van der Waals surface area contributed by atoms with Gasteiger partial charge in [-0.05, 0) is 23.6 Å². The van der Waals surface area contributed by atoms with Crippen molar-refractivity contribution in [3.8, 4) is 10.7 Å². The minimum absolute atomic E-state index is 0.231. The highest BCUT2D eigenvalue weighted by atomic mass is 32.1. The van der Waals surface area contributed by atoms with Crippen LogP contribution in [0.3, 0.4) is 0 Å². The van der Waals surface area contributed by atoms with Crippen LogP contribution in [0.15, 0.2) is 44.8 Å². The fourth-order valence-corrected chi connectivity index (χ4v) is 2.34. The van der Waals surface area contributed by atoms with Crippen LogP contribution in [0.1, 0.15) is 16.4 Å². The van der Waals surface area contributed by atoms with Crippen molar-refractivity contribution in [2.45, 2.75) is 6.54 Å². The number of amides is 1. The second kappa shape index (κ2) is 5.30. The lowest BCUT2D eigenvalue weighted by Crippen LogP contribution is -2.25. The molecule has 0 saturated heterocycles. The Morgan fingerprint density at radius 3 is 3.00 bits per heavy atom. The van der Waals surface area contributed by atoms with Gasteiger partial charge in [0.2, 0.25) is 11.7 Å². The van der Waals surface area contributed by atoms with Gasteiger partial charge in [0.15, 0.2) is 5.76 Å². The van der Waals surface area contributed by atoms with Gasteiger partial charge in [-0.2, -0.15) is 4.98 Å². The Balaban J connectivity index is 1.70. The summed E-state index contributed by atoms with van der Waals surface area (Å²) in [6.45, 7) is 0.234. The number of carbonyl (C=O) groups excluding carboxylic acids is 1. The van der Waals surface area contributed by atoms with Gasteiger partial charge in [0.05, 0.1) is 11.1 Å². The van der Waals surface area contributed by atoms with E-state index >= 15 is 0 Å². The lowest BCUT2D eigenvalue weighted by atomic mass is 10.4. The van der Waals surface area contributed by atoms with Crippen LogP contribution in [0.4, 0.5) is 0 Å². The summed E-state index contributed by atoms with van der Waals surface area (Å²) in [6.07, 6.45) is 1.46. The molecule has 6 nitrogen and oxygen atoms in total. The van der Waals surface area contributed by atoms with E-state index in [1.165, 1.54) is 22.5 Å². The topological polar surface area (TPSA) is 72.4 Å². The maximum atomic E-state index is 12.0. The van der Waals surface area contributed by atoms with Crippen molar-refractivity contribution in [1.82, 2.24) is 15.0 Å². The zero-order valence-electron chi connectivity index (χ0n) is 10.6. The Morgan fingerprint density at radius 2 is 2.30 bits per heavy atom. The van der Waals surface area contributed by atoms with Crippen LogP contribution in [0.25, 0.3) is 10.7 Å². The Morgan fingerprint density at radius 1 is 1.40 bits per heavy atom. The fourth-order valence-electron chi connectivity index (χ4n) is 1.69. The van der Waals surface area contributed by atoms with Crippen LogP contribution in [-0.2, 0) is 6.54 Å². The molecule has 20 heavy (non-hydrogen) atoms. The van der Waals surface area contributed by atoms with Crippen molar-refractivity contribution in [2.24, 2.45) is 0 Å². The molecule has 0 spiro atoms. The smallest absolute Gasteiger partial charge is 0.289 e. The fraction of sp³-hybridized carbons (Fsp3) is 0.154. The van der Waals surface area contributed by atoms with Crippen molar-refractivity contribution < 1.29 is 13.7 Å². The molecular formula is C13H11N3O3S. The second-order valence-corrected chi connectivity index (χ2v) is 5.08. The molecule has 3 heterocycles. The molecule has 0 aliphatic rings. The van der Waals surface area contributed by atoms with E-state index in [1.807, 2.05) is 17.5 Å². The number of furan rings is 1. The molecule has 0 aliphatic heterocycles. The lowest BCUT2D eigenvalue weighted by molar-refractivity contribution is 0.0738. The molecule has 7 heteroatoms. The Kier molecular flexibility index (Phi) is 3.34.